The van der Waals surface area contributed by atoms with E-state index in [0.717, 1.165) is 25.1 Å². The Balaban J connectivity index is 2.77. The molecule has 1 N–H and O–H groups in total. The van der Waals surface area contributed by atoms with Gasteiger partial charge in [-0.05, 0) is 38.0 Å². The van der Waals surface area contributed by atoms with E-state index < -0.39 is 6.09 Å². The molecule has 0 unspecified atom stereocenters. The molecule has 1 rings (SSSR count). The predicted molar refractivity (Wildman–Crippen MR) is 90.3 cm³/mol. The predicted octanol–water partition coefficient (Wildman–Crippen LogP) is 3.87. The third-order valence-corrected chi connectivity index (χ3v) is 3.60. The van der Waals surface area contributed by atoms with Crippen LogP contribution >= 0.6 is 12.2 Å². The summed E-state index contributed by atoms with van der Waals surface area (Å²) in [7, 11) is 0. The second kappa shape index (κ2) is 8.37. The lowest BCUT2D eigenvalue weighted by Crippen LogP contribution is -2.33. The van der Waals surface area contributed by atoms with Crippen molar-refractivity contribution in [2.75, 3.05) is 19.7 Å². The molecule has 0 radical (unpaired) electrons. The zero-order valence-corrected chi connectivity index (χ0v) is 14.5. The van der Waals surface area contributed by atoms with Gasteiger partial charge in [0.2, 0.25) is 0 Å². The van der Waals surface area contributed by atoms with Crippen molar-refractivity contribution in [3.63, 3.8) is 0 Å². The number of rotatable bonds is 4. The van der Waals surface area contributed by atoms with E-state index in [1.165, 1.54) is 19.3 Å². The molecule has 1 aliphatic rings. The molecule has 0 aromatic rings. The number of hydrogen-bond donors (Lipinski definition) is 1. The van der Waals surface area contributed by atoms with Crippen LogP contribution in [0, 0.1) is 5.41 Å². The lowest BCUT2D eigenvalue weighted by molar-refractivity contribution is 0.158. The number of carbonyl (C=O) groups is 1. The third-order valence-electron chi connectivity index (χ3n) is 3.23. The molecular weight excluding hydrogens is 284 g/mol. The Morgan fingerprint density at radius 3 is 2.43 bits per heavy atom. The molecule has 21 heavy (non-hydrogen) atoms. The van der Waals surface area contributed by atoms with Crippen LogP contribution in [0.15, 0.2) is 11.8 Å². The fourth-order valence-electron chi connectivity index (χ4n) is 2.36. The number of nitrogens with one attached hydrogen (secondary N) is 1. The Labute approximate surface area is 133 Å². The van der Waals surface area contributed by atoms with Crippen LogP contribution in [0.3, 0.4) is 0 Å². The van der Waals surface area contributed by atoms with Gasteiger partial charge in [0.05, 0.1) is 6.61 Å². The fraction of sp³-hybridized carbons (Fsp3) is 0.750. The first-order valence-electron chi connectivity index (χ1n) is 7.74. The summed E-state index contributed by atoms with van der Waals surface area (Å²) >= 11 is 5.40. The van der Waals surface area contributed by atoms with Crippen LogP contribution in [0.2, 0.25) is 0 Å². The van der Waals surface area contributed by atoms with Crippen LogP contribution in [0.25, 0.3) is 0 Å². The lowest BCUT2D eigenvalue weighted by atomic mass is 9.88. The van der Waals surface area contributed by atoms with Gasteiger partial charge in [0.15, 0.2) is 0 Å². The highest BCUT2D eigenvalue weighted by Crippen LogP contribution is 2.25. The van der Waals surface area contributed by atoms with E-state index in [4.69, 9.17) is 17.0 Å². The maximum absolute atomic E-state index is 11.6. The smallest absolute Gasteiger partial charge is 0.412 e. The average Bonchev–Trinajstić information content (AvgIpc) is 2.37. The van der Waals surface area contributed by atoms with E-state index in [-0.39, 0.29) is 5.41 Å². The van der Waals surface area contributed by atoms with Crippen LogP contribution in [0.1, 0.15) is 53.4 Å². The van der Waals surface area contributed by atoms with E-state index in [0.29, 0.717) is 11.6 Å². The van der Waals surface area contributed by atoms with E-state index in [9.17, 15) is 4.79 Å². The van der Waals surface area contributed by atoms with E-state index in [2.05, 4.69) is 37.2 Å². The molecule has 0 atom stereocenters. The maximum atomic E-state index is 11.6. The molecule has 0 aromatic carbocycles. The zero-order valence-electron chi connectivity index (χ0n) is 13.7. The van der Waals surface area contributed by atoms with Gasteiger partial charge in [-0.3, -0.25) is 5.32 Å². The number of carbonyl (C=O) groups excluding carboxylic acids is 1. The normalized spacial score (nSPS) is 16.6. The minimum atomic E-state index is -0.471. The summed E-state index contributed by atoms with van der Waals surface area (Å²) in [5.41, 5.74) is 1.12. The molecule has 0 spiro atoms. The molecule has 1 amide bonds. The Morgan fingerprint density at radius 2 is 1.90 bits per heavy atom. The zero-order chi connectivity index (χ0) is 15.9. The van der Waals surface area contributed by atoms with E-state index in [1.54, 1.807) is 6.92 Å². The number of thiocarbonyl (C=S) groups is 1. The summed E-state index contributed by atoms with van der Waals surface area (Å²) in [6.07, 6.45) is 6.22. The van der Waals surface area contributed by atoms with Crippen molar-refractivity contribution >= 4 is 23.3 Å². The summed E-state index contributed by atoms with van der Waals surface area (Å²) in [4.78, 5) is 14.3. The molecule has 120 valence electrons. The number of piperidine rings is 1. The van der Waals surface area contributed by atoms with Crippen molar-refractivity contribution in [2.24, 2.45) is 5.41 Å². The monoisotopic (exact) mass is 312 g/mol. The second-order valence-electron chi connectivity index (χ2n) is 6.66. The van der Waals surface area contributed by atoms with Gasteiger partial charge < -0.3 is 9.64 Å². The molecule has 1 saturated heterocycles. The number of hydrogen-bond acceptors (Lipinski definition) is 4. The van der Waals surface area contributed by atoms with Gasteiger partial charge in [-0.15, -0.1) is 0 Å². The van der Waals surface area contributed by atoms with Crippen LogP contribution in [-0.4, -0.2) is 35.7 Å². The quantitative estimate of drug-likeness (QED) is 0.632. The highest BCUT2D eigenvalue weighted by Gasteiger charge is 2.19. The number of likely N-dealkylation sites (tertiary alicyclic amines) is 1. The highest BCUT2D eigenvalue weighted by molar-refractivity contribution is 7.80. The first-order chi connectivity index (χ1) is 9.81. The summed E-state index contributed by atoms with van der Waals surface area (Å²) in [6, 6.07) is 0. The Hall–Kier alpha value is -1.10. The lowest BCUT2D eigenvalue weighted by Gasteiger charge is -2.28. The standard InChI is InChI=1S/C16H28N2O2S/c1-5-20-15(19)17-14(21)13(11-16(2,3)4)12-18-9-7-6-8-10-18/h12H,5-11H2,1-4H3,(H,17,19,21). The van der Waals surface area contributed by atoms with Crippen molar-refractivity contribution in [1.29, 1.82) is 0 Å². The fourth-order valence-corrected chi connectivity index (χ4v) is 2.57. The van der Waals surface area contributed by atoms with Crippen molar-refractivity contribution in [3.05, 3.63) is 11.8 Å². The Kier molecular flexibility index (Phi) is 7.15. The van der Waals surface area contributed by atoms with Crippen LogP contribution in [0.4, 0.5) is 4.79 Å². The number of amides is 1. The molecule has 1 heterocycles. The molecule has 1 aliphatic heterocycles. The van der Waals surface area contributed by atoms with Gasteiger partial charge in [0.25, 0.3) is 0 Å². The van der Waals surface area contributed by atoms with E-state index >= 15 is 0 Å². The van der Waals surface area contributed by atoms with Crippen LogP contribution in [-0.2, 0) is 4.74 Å². The number of alkyl carbamates (subject to hydrolysis) is 1. The van der Waals surface area contributed by atoms with E-state index in [1.807, 2.05) is 0 Å². The summed E-state index contributed by atoms with van der Waals surface area (Å²) in [5, 5.41) is 2.67. The van der Waals surface area contributed by atoms with Crippen LogP contribution in [0.5, 0.6) is 0 Å². The minimum Gasteiger partial charge on any atom is -0.450 e. The topological polar surface area (TPSA) is 41.6 Å². The SMILES string of the molecule is CCOC(=O)NC(=S)C(=CN1CCCCC1)CC(C)(C)C. The summed E-state index contributed by atoms with van der Waals surface area (Å²) < 4.78 is 4.90. The average molecular weight is 312 g/mol. The number of nitrogens with zero attached hydrogens (tertiary/aromatic N) is 1. The Bertz CT molecular complexity index is 394. The largest absolute Gasteiger partial charge is 0.450 e. The molecular formula is C16H28N2O2S. The van der Waals surface area contributed by atoms with Gasteiger partial charge in [-0.25, -0.2) is 4.79 Å². The molecule has 5 heteroatoms. The Morgan fingerprint density at radius 1 is 1.29 bits per heavy atom. The van der Waals surface area contributed by atoms with Gasteiger partial charge >= 0.3 is 6.09 Å². The van der Waals surface area contributed by atoms with Crippen molar-refractivity contribution in [2.45, 2.75) is 53.4 Å². The molecule has 0 bridgehead atoms. The van der Waals surface area contributed by atoms with Gasteiger partial charge in [0, 0.05) is 24.9 Å². The van der Waals surface area contributed by atoms with Crippen LogP contribution < -0.4 is 5.32 Å². The molecule has 0 aliphatic carbocycles. The third kappa shape index (κ3) is 7.46. The van der Waals surface area contributed by atoms with Crippen molar-refractivity contribution in [1.82, 2.24) is 10.2 Å². The van der Waals surface area contributed by atoms with Crippen molar-refractivity contribution in [3.8, 4) is 0 Å². The maximum Gasteiger partial charge on any atom is 0.412 e. The molecule has 4 nitrogen and oxygen atoms in total. The molecule has 1 fully saturated rings. The van der Waals surface area contributed by atoms with Gasteiger partial charge in [-0.1, -0.05) is 33.0 Å². The van der Waals surface area contributed by atoms with Gasteiger partial charge in [-0.2, -0.15) is 0 Å². The number of ether oxygens (including phenoxy) is 1. The first kappa shape index (κ1) is 18.0. The minimum absolute atomic E-state index is 0.113. The highest BCUT2D eigenvalue weighted by atomic mass is 32.1. The van der Waals surface area contributed by atoms with Crippen molar-refractivity contribution < 1.29 is 9.53 Å². The molecule has 0 aromatic heterocycles. The summed E-state index contributed by atoms with van der Waals surface area (Å²) in [6.45, 7) is 10.8. The van der Waals surface area contributed by atoms with Gasteiger partial charge in [0.1, 0.15) is 4.99 Å². The molecule has 0 saturated carbocycles. The first-order valence-corrected chi connectivity index (χ1v) is 8.15. The second-order valence-corrected chi connectivity index (χ2v) is 7.07. The summed E-state index contributed by atoms with van der Waals surface area (Å²) in [5.74, 6) is 0.